The van der Waals surface area contributed by atoms with Crippen molar-refractivity contribution in [3.05, 3.63) is 88.5 Å². The number of carbonyl (C=O) groups is 1. The molecule has 0 aliphatic carbocycles. The lowest BCUT2D eigenvalue weighted by Crippen LogP contribution is -2.33. The molecule has 0 bridgehead atoms. The first-order chi connectivity index (χ1) is 14.6. The minimum atomic E-state index is -0.243. The summed E-state index contributed by atoms with van der Waals surface area (Å²) < 4.78 is 5.33. The maximum absolute atomic E-state index is 12.7. The number of H-pyrrole nitrogens is 1. The molecule has 1 aliphatic rings. The van der Waals surface area contributed by atoms with Crippen LogP contribution in [0.1, 0.15) is 57.1 Å². The van der Waals surface area contributed by atoms with Gasteiger partial charge in [0.25, 0.3) is 5.91 Å². The van der Waals surface area contributed by atoms with Gasteiger partial charge in [0.1, 0.15) is 0 Å². The molecule has 1 aliphatic heterocycles. The van der Waals surface area contributed by atoms with Crippen molar-refractivity contribution in [1.29, 1.82) is 0 Å². The number of aromatic amines is 1. The average molecular weight is 405 g/mol. The number of carbonyl (C=O) groups excluding carboxylic acids is 1. The summed E-state index contributed by atoms with van der Waals surface area (Å²) in [5.41, 5.74) is 8.84. The van der Waals surface area contributed by atoms with Crippen LogP contribution in [0.3, 0.4) is 0 Å². The van der Waals surface area contributed by atoms with Gasteiger partial charge in [-0.15, -0.1) is 0 Å². The summed E-state index contributed by atoms with van der Waals surface area (Å²) >= 11 is 0. The third kappa shape index (κ3) is 4.45. The van der Waals surface area contributed by atoms with Crippen LogP contribution in [0, 0.1) is 13.8 Å². The molecule has 1 saturated heterocycles. The van der Waals surface area contributed by atoms with Crippen LogP contribution < -0.4 is 5.48 Å². The number of hydrogen-bond acceptors (Lipinski definition) is 4. The average Bonchev–Trinajstić information content (AvgIpc) is 3.30. The van der Waals surface area contributed by atoms with Gasteiger partial charge in [0.05, 0.1) is 18.3 Å². The molecule has 0 radical (unpaired) electrons. The molecule has 4 rings (SSSR count). The molecule has 1 amide bonds. The van der Waals surface area contributed by atoms with Crippen LogP contribution in [0.5, 0.6) is 0 Å². The number of amides is 1. The number of aryl methyl sites for hydroxylation is 1. The highest BCUT2D eigenvalue weighted by Gasteiger charge is 2.22. The number of nitrogens with one attached hydrogen (secondary N) is 2. The number of rotatable bonds is 6. The molecular formula is C24H27N3O3. The summed E-state index contributed by atoms with van der Waals surface area (Å²) in [6, 6.07) is 14.0. The van der Waals surface area contributed by atoms with Crippen LogP contribution in [0.25, 0.3) is 0 Å². The van der Waals surface area contributed by atoms with Crippen LogP contribution in [-0.4, -0.2) is 35.2 Å². The summed E-state index contributed by atoms with van der Waals surface area (Å²) in [5.74, 6) is -0.288. The minimum Gasteiger partial charge on any atom is -0.381 e. The third-order valence-corrected chi connectivity index (χ3v) is 5.76. The molecule has 6 heteroatoms. The number of hydrogen-bond donors (Lipinski definition) is 2. The minimum absolute atomic E-state index is 0.00133. The fraction of sp³-hybridized carbons (Fsp3) is 0.333. The van der Waals surface area contributed by atoms with Crippen molar-refractivity contribution in [3.8, 4) is 0 Å². The molecule has 0 spiro atoms. The molecule has 30 heavy (non-hydrogen) atoms. The van der Waals surface area contributed by atoms with E-state index in [1.807, 2.05) is 24.4 Å². The Balaban J connectivity index is 1.61. The summed E-state index contributed by atoms with van der Waals surface area (Å²) in [6.45, 7) is 5.57. The van der Waals surface area contributed by atoms with Crippen molar-refractivity contribution >= 4 is 5.91 Å². The first-order valence-electron chi connectivity index (χ1n) is 10.3. The maximum atomic E-state index is 12.7. The van der Waals surface area contributed by atoms with Crippen LogP contribution >= 0.6 is 0 Å². The van der Waals surface area contributed by atoms with Crippen LogP contribution in [0.4, 0.5) is 0 Å². The predicted octanol–water partition coefficient (Wildman–Crippen LogP) is 4.05. The Morgan fingerprint density at radius 3 is 2.77 bits per heavy atom. The van der Waals surface area contributed by atoms with Crippen LogP contribution in [0.2, 0.25) is 0 Å². The molecule has 1 atom stereocenters. The summed E-state index contributed by atoms with van der Waals surface area (Å²) in [5, 5.41) is 0. The van der Waals surface area contributed by atoms with E-state index in [0.29, 0.717) is 18.8 Å². The second kappa shape index (κ2) is 9.24. The first-order valence-corrected chi connectivity index (χ1v) is 10.3. The SMILES string of the molecule is Cc1cccc(C(c2cccc(C(=O)NOC3CCOCC3)c2)c2cnc[nH]2)c1C. The molecule has 0 saturated carbocycles. The Labute approximate surface area is 176 Å². The zero-order chi connectivity index (χ0) is 20.9. The van der Waals surface area contributed by atoms with Gasteiger partial charge >= 0.3 is 0 Å². The van der Waals surface area contributed by atoms with Crippen LogP contribution in [-0.2, 0) is 9.57 Å². The fourth-order valence-corrected chi connectivity index (χ4v) is 3.89. The van der Waals surface area contributed by atoms with Gasteiger partial charge in [0.2, 0.25) is 0 Å². The Morgan fingerprint density at radius 2 is 2.00 bits per heavy atom. The maximum Gasteiger partial charge on any atom is 0.274 e. The van der Waals surface area contributed by atoms with Crippen molar-refractivity contribution in [2.45, 2.75) is 38.7 Å². The molecule has 2 aromatic carbocycles. The molecule has 6 nitrogen and oxygen atoms in total. The van der Waals surface area contributed by atoms with Gasteiger partial charge in [-0.2, -0.15) is 0 Å². The highest BCUT2D eigenvalue weighted by atomic mass is 16.7. The first kappa shape index (κ1) is 20.3. The largest absolute Gasteiger partial charge is 0.381 e. The fourth-order valence-electron chi connectivity index (χ4n) is 3.89. The normalized spacial score (nSPS) is 15.7. The van der Waals surface area contributed by atoms with Crippen molar-refractivity contribution in [2.75, 3.05) is 13.2 Å². The Kier molecular flexibility index (Phi) is 6.26. The van der Waals surface area contributed by atoms with Gasteiger partial charge in [-0.1, -0.05) is 30.3 Å². The zero-order valence-electron chi connectivity index (χ0n) is 17.4. The standard InChI is InChI=1S/C24H27N3O3/c1-16-5-3-8-21(17(16)2)23(22-14-25-15-26-22)18-6-4-7-19(13-18)24(28)27-30-20-9-11-29-12-10-20/h3-8,13-15,20,23H,9-12H2,1-2H3,(H,25,26)(H,27,28). The monoisotopic (exact) mass is 405 g/mol. The molecule has 1 fully saturated rings. The van der Waals surface area contributed by atoms with Crippen molar-refractivity contribution in [2.24, 2.45) is 0 Å². The molecule has 1 aromatic heterocycles. The topological polar surface area (TPSA) is 76.2 Å². The number of hydroxylamine groups is 1. The van der Waals surface area contributed by atoms with E-state index in [1.54, 1.807) is 12.4 Å². The van der Waals surface area contributed by atoms with Gasteiger partial charge in [-0.05, 0) is 61.1 Å². The van der Waals surface area contributed by atoms with E-state index in [9.17, 15) is 4.79 Å². The third-order valence-electron chi connectivity index (χ3n) is 5.76. The summed E-state index contributed by atoms with van der Waals surface area (Å²) in [6.07, 6.45) is 5.10. The van der Waals surface area contributed by atoms with Gasteiger partial charge in [0.15, 0.2) is 0 Å². The van der Waals surface area contributed by atoms with E-state index in [1.165, 1.54) is 16.7 Å². The summed E-state index contributed by atoms with van der Waals surface area (Å²) in [7, 11) is 0. The molecule has 2 N–H and O–H groups in total. The van der Waals surface area contributed by atoms with Crippen molar-refractivity contribution in [3.63, 3.8) is 0 Å². The Morgan fingerprint density at radius 1 is 1.20 bits per heavy atom. The number of ether oxygens (including phenoxy) is 1. The number of imidazole rings is 1. The second-order valence-corrected chi connectivity index (χ2v) is 7.72. The van der Waals surface area contributed by atoms with Gasteiger partial charge in [-0.3, -0.25) is 9.63 Å². The molecule has 156 valence electrons. The van der Waals surface area contributed by atoms with Crippen molar-refractivity contribution in [1.82, 2.24) is 15.4 Å². The lowest BCUT2D eigenvalue weighted by atomic mass is 9.84. The highest BCUT2D eigenvalue weighted by molar-refractivity contribution is 5.93. The van der Waals surface area contributed by atoms with E-state index < -0.39 is 0 Å². The summed E-state index contributed by atoms with van der Waals surface area (Å²) in [4.78, 5) is 25.8. The number of nitrogens with zero attached hydrogens (tertiary/aromatic N) is 1. The van der Waals surface area contributed by atoms with Gasteiger partial charge < -0.3 is 9.72 Å². The molecular weight excluding hydrogens is 378 g/mol. The van der Waals surface area contributed by atoms with Crippen LogP contribution in [0.15, 0.2) is 55.0 Å². The molecule has 2 heterocycles. The lowest BCUT2D eigenvalue weighted by molar-refractivity contribution is -0.0673. The van der Waals surface area contributed by atoms with E-state index in [2.05, 4.69) is 47.5 Å². The Hall–Kier alpha value is -2.96. The lowest BCUT2D eigenvalue weighted by Gasteiger charge is -2.22. The number of benzene rings is 2. The van der Waals surface area contributed by atoms with E-state index in [4.69, 9.17) is 9.57 Å². The molecule has 1 unspecified atom stereocenters. The Bertz CT molecular complexity index is 995. The van der Waals surface area contributed by atoms with Gasteiger partial charge in [-0.25, -0.2) is 10.5 Å². The number of aromatic nitrogens is 2. The smallest absolute Gasteiger partial charge is 0.274 e. The van der Waals surface area contributed by atoms with Crippen molar-refractivity contribution < 1.29 is 14.4 Å². The quantitative estimate of drug-likeness (QED) is 0.607. The van der Waals surface area contributed by atoms with E-state index in [0.717, 1.165) is 24.1 Å². The zero-order valence-corrected chi connectivity index (χ0v) is 17.4. The highest BCUT2D eigenvalue weighted by Crippen LogP contribution is 2.34. The molecule has 3 aromatic rings. The predicted molar refractivity (Wildman–Crippen MR) is 114 cm³/mol. The van der Waals surface area contributed by atoms with E-state index >= 15 is 0 Å². The van der Waals surface area contributed by atoms with Gasteiger partial charge in [0, 0.05) is 30.7 Å². The van der Waals surface area contributed by atoms with E-state index in [-0.39, 0.29) is 17.9 Å². The second-order valence-electron chi connectivity index (χ2n) is 7.72.